The van der Waals surface area contributed by atoms with Gasteiger partial charge in [-0.25, -0.2) is 0 Å². The minimum Gasteiger partial charge on any atom is -0.356 e. The maximum atomic E-state index is 12.3. The van der Waals surface area contributed by atoms with Gasteiger partial charge in [-0.2, -0.15) is 0 Å². The molecule has 25 heavy (non-hydrogen) atoms. The van der Waals surface area contributed by atoms with Gasteiger partial charge in [-0.15, -0.1) is 10.2 Å². The average Bonchev–Trinajstić information content (AvgIpc) is 2.67. The Morgan fingerprint density at radius 3 is 2.68 bits per heavy atom. The fourth-order valence-corrected chi connectivity index (χ4v) is 3.11. The van der Waals surface area contributed by atoms with Crippen LogP contribution in [0.1, 0.15) is 26.7 Å². The highest BCUT2D eigenvalue weighted by Crippen LogP contribution is 2.23. The second kappa shape index (κ2) is 8.10. The first kappa shape index (κ1) is 17.4. The van der Waals surface area contributed by atoms with Crippen LogP contribution in [0.25, 0.3) is 11.3 Å². The zero-order chi connectivity index (χ0) is 17.6. The van der Waals surface area contributed by atoms with Crippen LogP contribution in [0.15, 0.2) is 42.5 Å². The number of aromatic nitrogens is 2. The molecule has 2 heterocycles. The van der Waals surface area contributed by atoms with Gasteiger partial charge in [-0.3, -0.25) is 4.79 Å². The predicted octanol–water partition coefficient (Wildman–Crippen LogP) is 3.13. The van der Waals surface area contributed by atoms with Gasteiger partial charge in [-0.05, 0) is 30.9 Å². The fraction of sp³-hybridized carbons (Fsp3) is 0.450. The Labute approximate surface area is 149 Å². The summed E-state index contributed by atoms with van der Waals surface area (Å²) in [6.45, 7) is 6.59. The lowest BCUT2D eigenvalue weighted by Crippen LogP contribution is -2.44. The normalized spacial score (nSPS) is 17.6. The number of benzene rings is 1. The van der Waals surface area contributed by atoms with Crippen LogP contribution < -0.4 is 10.2 Å². The molecule has 5 nitrogen and oxygen atoms in total. The summed E-state index contributed by atoms with van der Waals surface area (Å²) in [5.41, 5.74) is 1.93. The van der Waals surface area contributed by atoms with E-state index < -0.39 is 0 Å². The van der Waals surface area contributed by atoms with Crippen molar-refractivity contribution >= 4 is 11.7 Å². The van der Waals surface area contributed by atoms with Crippen LogP contribution >= 0.6 is 0 Å². The number of rotatable bonds is 5. The number of anilines is 1. The number of nitrogens with zero attached hydrogens (tertiary/aromatic N) is 3. The summed E-state index contributed by atoms with van der Waals surface area (Å²) in [7, 11) is 0. The van der Waals surface area contributed by atoms with Gasteiger partial charge in [-0.1, -0.05) is 44.2 Å². The third-order valence-electron chi connectivity index (χ3n) is 4.52. The van der Waals surface area contributed by atoms with Crippen molar-refractivity contribution in [3.63, 3.8) is 0 Å². The van der Waals surface area contributed by atoms with Crippen LogP contribution in [-0.2, 0) is 4.79 Å². The van der Waals surface area contributed by atoms with E-state index in [-0.39, 0.29) is 11.8 Å². The quantitative estimate of drug-likeness (QED) is 0.910. The Kier molecular flexibility index (Phi) is 5.64. The molecule has 1 amide bonds. The first-order chi connectivity index (χ1) is 12.1. The van der Waals surface area contributed by atoms with Crippen molar-refractivity contribution in [2.75, 3.05) is 24.5 Å². The SMILES string of the molecule is CC(C)CNC(=O)C1CCCN(c2ccc(-c3ccccc3)nn2)C1. The van der Waals surface area contributed by atoms with Crippen LogP contribution in [0.5, 0.6) is 0 Å². The predicted molar refractivity (Wildman–Crippen MR) is 100 cm³/mol. The highest BCUT2D eigenvalue weighted by molar-refractivity contribution is 5.79. The average molecular weight is 338 g/mol. The third-order valence-corrected chi connectivity index (χ3v) is 4.52. The first-order valence-corrected chi connectivity index (χ1v) is 9.05. The highest BCUT2D eigenvalue weighted by atomic mass is 16.1. The highest BCUT2D eigenvalue weighted by Gasteiger charge is 2.26. The molecule has 1 aliphatic heterocycles. The Bertz CT molecular complexity index is 685. The summed E-state index contributed by atoms with van der Waals surface area (Å²) in [6.07, 6.45) is 1.94. The van der Waals surface area contributed by atoms with E-state index in [1.165, 1.54) is 0 Å². The van der Waals surface area contributed by atoms with E-state index >= 15 is 0 Å². The maximum absolute atomic E-state index is 12.3. The first-order valence-electron chi connectivity index (χ1n) is 9.05. The fourth-order valence-electron chi connectivity index (χ4n) is 3.11. The number of carbonyl (C=O) groups is 1. The molecule has 5 heteroatoms. The second-order valence-electron chi connectivity index (χ2n) is 7.07. The van der Waals surface area contributed by atoms with Crippen molar-refractivity contribution in [2.45, 2.75) is 26.7 Å². The van der Waals surface area contributed by atoms with Gasteiger partial charge in [0.05, 0.1) is 11.6 Å². The molecule has 1 aromatic carbocycles. The molecular weight excluding hydrogens is 312 g/mol. The number of amides is 1. The lowest BCUT2D eigenvalue weighted by Gasteiger charge is -2.32. The molecule has 1 saturated heterocycles. The number of nitrogens with one attached hydrogen (secondary N) is 1. The van der Waals surface area contributed by atoms with Gasteiger partial charge in [0.1, 0.15) is 0 Å². The molecule has 1 fully saturated rings. The summed E-state index contributed by atoms with van der Waals surface area (Å²) in [5.74, 6) is 1.51. The number of hydrogen-bond acceptors (Lipinski definition) is 4. The summed E-state index contributed by atoms with van der Waals surface area (Å²) >= 11 is 0. The lowest BCUT2D eigenvalue weighted by molar-refractivity contribution is -0.125. The molecule has 2 aromatic rings. The molecule has 1 aliphatic rings. The van der Waals surface area contributed by atoms with Crippen molar-refractivity contribution in [1.29, 1.82) is 0 Å². The molecule has 0 aliphatic carbocycles. The summed E-state index contributed by atoms with van der Waals surface area (Å²) < 4.78 is 0. The summed E-state index contributed by atoms with van der Waals surface area (Å²) in [6, 6.07) is 14.0. The monoisotopic (exact) mass is 338 g/mol. The number of carbonyl (C=O) groups excluding carboxylic acids is 1. The largest absolute Gasteiger partial charge is 0.356 e. The van der Waals surface area contributed by atoms with Crippen LogP contribution in [0.4, 0.5) is 5.82 Å². The molecule has 1 aromatic heterocycles. The Morgan fingerprint density at radius 1 is 1.20 bits per heavy atom. The van der Waals surface area contributed by atoms with Crippen LogP contribution in [0.2, 0.25) is 0 Å². The molecule has 132 valence electrons. The van der Waals surface area contributed by atoms with Crippen molar-refractivity contribution < 1.29 is 4.79 Å². The Balaban J connectivity index is 1.64. The van der Waals surface area contributed by atoms with E-state index in [2.05, 4.69) is 34.3 Å². The van der Waals surface area contributed by atoms with E-state index in [9.17, 15) is 4.79 Å². The molecule has 0 spiro atoms. The Hall–Kier alpha value is -2.43. The summed E-state index contributed by atoms with van der Waals surface area (Å²) in [4.78, 5) is 14.5. The zero-order valence-corrected chi connectivity index (χ0v) is 15.0. The zero-order valence-electron chi connectivity index (χ0n) is 15.0. The summed E-state index contributed by atoms with van der Waals surface area (Å²) in [5, 5.41) is 11.8. The molecule has 1 N–H and O–H groups in total. The number of hydrogen-bond donors (Lipinski definition) is 1. The van der Waals surface area contributed by atoms with Gasteiger partial charge in [0.15, 0.2) is 5.82 Å². The molecular formula is C20H26N4O. The van der Waals surface area contributed by atoms with Crippen LogP contribution in [0, 0.1) is 11.8 Å². The maximum Gasteiger partial charge on any atom is 0.224 e. The van der Waals surface area contributed by atoms with E-state index in [1.54, 1.807) is 0 Å². The van der Waals surface area contributed by atoms with Crippen molar-refractivity contribution in [3.8, 4) is 11.3 Å². The smallest absolute Gasteiger partial charge is 0.224 e. The number of piperidine rings is 1. The minimum absolute atomic E-state index is 0.0306. The Morgan fingerprint density at radius 2 is 2.00 bits per heavy atom. The molecule has 0 bridgehead atoms. The standard InChI is InChI=1S/C20H26N4O/c1-15(2)13-21-20(25)17-9-6-12-24(14-17)19-11-10-18(22-23-19)16-7-4-3-5-8-16/h3-5,7-8,10-11,15,17H,6,9,12-14H2,1-2H3,(H,21,25). The van der Waals surface area contributed by atoms with Crippen molar-refractivity contribution in [3.05, 3.63) is 42.5 Å². The molecule has 1 atom stereocenters. The van der Waals surface area contributed by atoms with Gasteiger partial charge in [0, 0.05) is 25.2 Å². The molecule has 0 saturated carbocycles. The van der Waals surface area contributed by atoms with Crippen LogP contribution in [0.3, 0.4) is 0 Å². The second-order valence-corrected chi connectivity index (χ2v) is 7.07. The third kappa shape index (κ3) is 4.56. The van der Waals surface area contributed by atoms with Crippen LogP contribution in [-0.4, -0.2) is 35.7 Å². The molecule has 1 unspecified atom stereocenters. The van der Waals surface area contributed by atoms with E-state index in [0.717, 1.165) is 43.0 Å². The van der Waals surface area contributed by atoms with Crippen molar-refractivity contribution in [2.24, 2.45) is 11.8 Å². The van der Waals surface area contributed by atoms with E-state index in [0.29, 0.717) is 12.5 Å². The van der Waals surface area contributed by atoms with Gasteiger partial charge in [0.25, 0.3) is 0 Å². The van der Waals surface area contributed by atoms with Gasteiger partial charge < -0.3 is 10.2 Å². The van der Waals surface area contributed by atoms with Gasteiger partial charge in [0.2, 0.25) is 5.91 Å². The topological polar surface area (TPSA) is 58.1 Å². The molecule has 3 rings (SSSR count). The van der Waals surface area contributed by atoms with E-state index in [4.69, 9.17) is 0 Å². The van der Waals surface area contributed by atoms with Crippen molar-refractivity contribution in [1.82, 2.24) is 15.5 Å². The minimum atomic E-state index is 0.0306. The van der Waals surface area contributed by atoms with Gasteiger partial charge >= 0.3 is 0 Å². The molecule has 0 radical (unpaired) electrons. The van der Waals surface area contributed by atoms with E-state index in [1.807, 2.05) is 42.5 Å². The lowest BCUT2D eigenvalue weighted by atomic mass is 9.97.